The first-order chi connectivity index (χ1) is 8.77. The van der Waals surface area contributed by atoms with E-state index < -0.39 is 0 Å². The maximum absolute atomic E-state index is 5.32. The molecule has 0 aromatic carbocycles. The lowest BCUT2D eigenvalue weighted by molar-refractivity contribution is 0.200. The number of methoxy groups -OCH3 is 1. The van der Waals surface area contributed by atoms with Crippen molar-refractivity contribution < 1.29 is 9.47 Å². The summed E-state index contributed by atoms with van der Waals surface area (Å²) in [6.07, 6.45) is 3.36. The molecule has 0 saturated carbocycles. The Bertz CT molecular complexity index is 336. The van der Waals surface area contributed by atoms with Gasteiger partial charge in [-0.25, -0.2) is 0 Å². The van der Waals surface area contributed by atoms with Crippen LogP contribution in [0.1, 0.15) is 6.92 Å². The second-order valence-electron chi connectivity index (χ2n) is 3.81. The van der Waals surface area contributed by atoms with E-state index in [1.54, 1.807) is 19.5 Å². The third-order valence-corrected chi connectivity index (χ3v) is 2.39. The van der Waals surface area contributed by atoms with Gasteiger partial charge in [-0.15, -0.1) is 0 Å². The minimum Gasteiger partial charge on any atom is -0.477 e. The molecule has 0 fully saturated rings. The molecule has 6 nitrogen and oxygen atoms in total. The number of anilines is 1. The van der Waals surface area contributed by atoms with Crippen LogP contribution in [0.25, 0.3) is 0 Å². The maximum Gasteiger partial charge on any atom is 0.234 e. The molecule has 0 unspecified atom stereocenters. The van der Waals surface area contributed by atoms with Crippen LogP contribution in [0, 0.1) is 0 Å². The maximum atomic E-state index is 5.32. The van der Waals surface area contributed by atoms with E-state index in [0.29, 0.717) is 12.5 Å². The van der Waals surface area contributed by atoms with Gasteiger partial charge in [0.1, 0.15) is 0 Å². The number of likely N-dealkylation sites (N-methyl/N-ethyl adjacent to an activating group) is 1. The van der Waals surface area contributed by atoms with Crippen LogP contribution < -0.4 is 15.0 Å². The van der Waals surface area contributed by atoms with Crippen LogP contribution in [0.3, 0.4) is 0 Å². The van der Waals surface area contributed by atoms with Gasteiger partial charge in [-0.3, -0.25) is 4.98 Å². The summed E-state index contributed by atoms with van der Waals surface area (Å²) in [6.45, 7) is 5.84. The van der Waals surface area contributed by atoms with E-state index in [1.807, 2.05) is 18.9 Å². The zero-order chi connectivity index (χ0) is 13.2. The van der Waals surface area contributed by atoms with E-state index >= 15 is 0 Å². The number of rotatable bonds is 9. The molecule has 1 aromatic heterocycles. The van der Waals surface area contributed by atoms with Crippen molar-refractivity contribution in [1.29, 1.82) is 0 Å². The minimum atomic E-state index is 0.564. The van der Waals surface area contributed by atoms with Crippen molar-refractivity contribution in [3.05, 3.63) is 12.4 Å². The number of ether oxygens (including phenoxy) is 2. The highest BCUT2D eigenvalue weighted by Gasteiger charge is 2.04. The van der Waals surface area contributed by atoms with Crippen LogP contribution in [0.15, 0.2) is 12.4 Å². The molecule has 0 aliphatic carbocycles. The van der Waals surface area contributed by atoms with E-state index in [1.165, 1.54) is 0 Å². The summed E-state index contributed by atoms with van der Waals surface area (Å²) in [7, 11) is 3.68. The van der Waals surface area contributed by atoms with E-state index in [4.69, 9.17) is 9.47 Å². The van der Waals surface area contributed by atoms with Gasteiger partial charge < -0.3 is 19.7 Å². The van der Waals surface area contributed by atoms with Gasteiger partial charge >= 0.3 is 0 Å². The van der Waals surface area contributed by atoms with Gasteiger partial charge in [0, 0.05) is 33.8 Å². The molecule has 6 heteroatoms. The summed E-state index contributed by atoms with van der Waals surface area (Å²) in [5.41, 5.74) is 0. The highest BCUT2D eigenvalue weighted by molar-refractivity contribution is 5.36. The Hall–Kier alpha value is -1.40. The van der Waals surface area contributed by atoms with Crippen molar-refractivity contribution in [2.45, 2.75) is 6.92 Å². The van der Waals surface area contributed by atoms with Gasteiger partial charge in [-0.05, 0) is 6.92 Å². The summed E-state index contributed by atoms with van der Waals surface area (Å²) in [4.78, 5) is 10.5. The zero-order valence-corrected chi connectivity index (χ0v) is 11.3. The number of nitrogens with one attached hydrogen (secondary N) is 1. The van der Waals surface area contributed by atoms with Crippen LogP contribution in [-0.2, 0) is 4.74 Å². The van der Waals surface area contributed by atoms with E-state index in [2.05, 4.69) is 15.3 Å². The van der Waals surface area contributed by atoms with Crippen molar-refractivity contribution >= 4 is 5.82 Å². The zero-order valence-electron chi connectivity index (χ0n) is 11.3. The smallest absolute Gasteiger partial charge is 0.234 e. The first-order valence-corrected chi connectivity index (χ1v) is 6.13. The van der Waals surface area contributed by atoms with Crippen molar-refractivity contribution in [3.63, 3.8) is 0 Å². The van der Waals surface area contributed by atoms with E-state index in [-0.39, 0.29) is 0 Å². The fourth-order valence-electron chi connectivity index (χ4n) is 1.40. The molecule has 1 heterocycles. The molecular weight excluding hydrogens is 232 g/mol. The predicted molar refractivity (Wildman–Crippen MR) is 71.2 cm³/mol. The summed E-state index contributed by atoms with van der Waals surface area (Å²) in [5.74, 6) is 1.38. The standard InChI is InChI=1S/C12H22N4O2/c1-4-18-12-10-14-9-11(15-12)16(2)7-5-13-6-8-17-3/h9-10,13H,4-8H2,1-3H3. The summed E-state index contributed by atoms with van der Waals surface area (Å²) in [5, 5.41) is 3.28. The SMILES string of the molecule is CCOc1cncc(N(C)CCNCCOC)n1. The predicted octanol–water partition coefficient (Wildman–Crippen LogP) is 0.547. The lowest BCUT2D eigenvalue weighted by Gasteiger charge is -2.18. The topological polar surface area (TPSA) is 59.5 Å². The number of hydrogen-bond acceptors (Lipinski definition) is 6. The largest absolute Gasteiger partial charge is 0.477 e. The first kappa shape index (κ1) is 14.7. The average Bonchev–Trinajstić information content (AvgIpc) is 2.39. The number of hydrogen-bond donors (Lipinski definition) is 1. The molecule has 0 amide bonds. The minimum absolute atomic E-state index is 0.564. The van der Waals surface area contributed by atoms with Gasteiger partial charge in [0.2, 0.25) is 5.88 Å². The Morgan fingerprint density at radius 3 is 2.89 bits per heavy atom. The second-order valence-corrected chi connectivity index (χ2v) is 3.81. The highest BCUT2D eigenvalue weighted by atomic mass is 16.5. The summed E-state index contributed by atoms with van der Waals surface area (Å²) < 4.78 is 10.3. The van der Waals surface area contributed by atoms with Crippen molar-refractivity contribution in [1.82, 2.24) is 15.3 Å². The monoisotopic (exact) mass is 254 g/mol. The molecule has 0 radical (unpaired) electrons. The lowest BCUT2D eigenvalue weighted by Crippen LogP contribution is -2.31. The Kier molecular flexibility index (Phi) is 7.05. The summed E-state index contributed by atoms with van der Waals surface area (Å²) in [6, 6.07) is 0. The van der Waals surface area contributed by atoms with Gasteiger partial charge in [-0.1, -0.05) is 0 Å². The van der Waals surface area contributed by atoms with Crippen molar-refractivity contribution in [3.8, 4) is 5.88 Å². The Morgan fingerprint density at radius 2 is 2.17 bits per heavy atom. The molecule has 18 heavy (non-hydrogen) atoms. The number of aromatic nitrogens is 2. The van der Waals surface area contributed by atoms with Crippen LogP contribution >= 0.6 is 0 Å². The molecule has 0 aliphatic rings. The molecular formula is C12H22N4O2. The fourth-order valence-corrected chi connectivity index (χ4v) is 1.40. The molecule has 0 spiro atoms. The molecule has 1 N–H and O–H groups in total. The normalized spacial score (nSPS) is 10.4. The first-order valence-electron chi connectivity index (χ1n) is 6.13. The third-order valence-electron chi connectivity index (χ3n) is 2.39. The Labute approximate surface area is 108 Å². The van der Waals surface area contributed by atoms with Crippen LogP contribution in [0.4, 0.5) is 5.82 Å². The van der Waals surface area contributed by atoms with Gasteiger partial charge in [0.15, 0.2) is 5.82 Å². The molecule has 0 aliphatic heterocycles. The third kappa shape index (κ3) is 5.29. The molecule has 0 saturated heterocycles. The Balaban J connectivity index is 2.36. The lowest BCUT2D eigenvalue weighted by atomic mass is 10.5. The van der Waals surface area contributed by atoms with Crippen molar-refractivity contribution in [2.24, 2.45) is 0 Å². The van der Waals surface area contributed by atoms with Crippen LogP contribution in [-0.4, -0.2) is 57.0 Å². The molecule has 102 valence electrons. The Morgan fingerprint density at radius 1 is 1.33 bits per heavy atom. The van der Waals surface area contributed by atoms with Crippen molar-refractivity contribution in [2.75, 3.05) is 51.9 Å². The van der Waals surface area contributed by atoms with Crippen LogP contribution in [0.5, 0.6) is 5.88 Å². The number of nitrogens with zero attached hydrogens (tertiary/aromatic N) is 3. The van der Waals surface area contributed by atoms with Gasteiger partial charge in [0.05, 0.1) is 25.6 Å². The van der Waals surface area contributed by atoms with Gasteiger partial charge in [0.25, 0.3) is 0 Å². The van der Waals surface area contributed by atoms with Crippen LogP contribution in [0.2, 0.25) is 0 Å². The highest BCUT2D eigenvalue weighted by Crippen LogP contribution is 2.11. The summed E-state index contributed by atoms with van der Waals surface area (Å²) >= 11 is 0. The quantitative estimate of drug-likeness (QED) is 0.649. The molecule has 1 rings (SSSR count). The second kappa shape index (κ2) is 8.66. The molecule has 1 aromatic rings. The van der Waals surface area contributed by atoms with E-state index in [9.17, 15) is 0 Å². The van der Waals surface area contributed by atoms with E-state index in [0.717, 1.165) is 32.1 Å². The fraction of sp³-hybridized carbons (Fsp3) is 0.667. The average molecular weight is 254 g/mol. The molecule has 0 bridgehead atoms. The molecule has 0 atom stereocenters. The van der Waals surface area contributed by atoms with Gasteiger partial charge in [-0.2, -0.15) is 4.98 Å².